The molecule has 1 unspecified atom stereocenters. The lowest BCUT2D eigenvalue weighted by molar-refractivity contribution is 0.183. The lowest BCUT2D eigenvalue weighted by Gasteiger charge is -2.30. The van der Waals surface area contributed by atoms with Crippen LogP contribution in [0.4, 0.5) is 0 Å². The summed E-state index contributed by atoms with van der Waals surface area (Å²) in [6.45, 7) is 9.07. The van der Waals surface area contributed by atoms with Gasteiger partial charge in [-0.3, -0.25) is 4.99 Å². The van der Waals surface area contributed by atoms with Crippen LogP contribution < -0.4 is 5.73 Å². The number of rotatable bonds is 4. The van der Waals surface area contributed by atoms with Crippen molar-refractivity contribution >= 4 is 17.7 Å². The van der Waals surface area contributed by atoms with Crippen LogP contribution in [0, 0.1) is 5.92 Å². The van der Waals surface area contributed by atoms with Gasteiger partial charge in [0.05, 0.1) is 0 Å². The predicted octanol–water partition coefficient (Wildman–Crippen LogP) is 1.47. The maximum absolute atomic E-state index is 6.04. The summed E-state index contributed by atoms with van der Waals surface area (Å²) < 4.78 is 0. The van der Waals surface area contributed by atoms with Crippen molar-refractivity contribution in [2.75, 3.05) is 50.8 Å². The molecule has 1 atom stereocenters. The Balaban J connectivity index is 1.62. The van der Waals surface area contributed by atoms with Gasteiger partial charge in [0.25, 0.3) is 0 Å². The Morgan fingerprint density at radius 2 is 2.11 bits per heavy atom. The largest absolute Gasteiger partial charge is 0.370 e. The second-order valence-corrected chi connectivity index (χ2v) is 6.97. The second-order valence-electron chi connectivity index (χ2n) is 5.74. The van der Waals surface area contributed by atoms with Crippen LogP contribution in [-0.4, -0.2) is 66.5 Å². The first-order valence-electron chi connectivity index (χ1n) is 7.60. The molecule has 2 heterocycles. The zero-order chi connectivity index (χ0) is 13.5. The lowest BCUT2D eigenvalue weighted by atomic mass is 10.0. The van der Waals surface area contributed by atoms with E-state index in [1.54, 1.807) is 0 Å². The fourth-order valence-corrected chi connectivity index (χ4v) is 3.77. The van der Waals surface area contributed by atoms with Crippen LogP contribution in [0.5, 0.6) is 0 Å². The van der Waals surface area contributed by atoms with E-state index in [1.807, 2.05) is 11.8 Å². The van der Waals surface area contributed by atoms with Crippen molar-refractivity contribution in [1.29, 1.82) is 0 Å². The van der Waals surface area contributed by atoms with Gasteiger partial charge in [-0.1, -0.05) is 6.92 Å². The van der Waals surface area contributed by atoms with Crippen molar-refractivity contribution < 1.29 is 0 Å². The zero-order valence-corrected chi connectivity index (χ0v) is 13.0. The minimum absolute atomic E-state index is 0.757. The van der Waals surface area contributed by atoms with Gasteiger partial charge >= 0.3 is 0 Å². The van der Waals surface area contributed by atoms with Crippen molar-refractivity contribution in [2.45, 2.75) is 26.2 Å². The lowest BCUT2D eigenvalue weighted by Crippen LogP contribution is -2.42. The van der Waals surface area contributed by atoms with Gasteiger partial charge in [0, 0.05) is 37.7 Å². The number of hydrogen-bond donors (Lipinski definition) is 1. The second kappa shape index (κ2) is 8.00. The molecule has 2 aliphatic heterocycles. The number of piperidine rings is 1. The van der Waals surface area contributed by atoms with Crippen molar-refractivity contribution in [1.82, 2.24) is 9.80 Å². The number of hydrogen-bond acceptors (Lipinski definition) is 3. The van der Waals surface area contributed by atoms with Gasteiger partial charge in [-0.15, -0.1) is 0 Å². The zero-order valence-electron chi connectivity index (χ0n) is 12.2. The van der Waals surface area contributed by atoms with E-state index in [0.29, 0.717) is 0 Å². The summed E-state index contributed by atoms with van der Waals surface area (Å²) >= 11 is 2.00. The smallest absolute Gasteiger partial charge is 0.191 e. The third-order valence-corrected chi connectivity index (χ3v) is 4.92. The minimum atomic E-state index is 0.757. The highest BCUT2D eigenvalue weighted by molar-refractivity contribution is 7.99. The van der Waals surface area contributed by atoms with Crippen LogP contribution in [0.15, 0.2) is 4.99 Å². The molecule has 2 aliphatic rings. The molecule has 0 amide bonds. The Hall–Kier alpha value is -0.420. The highest BCUT2D eigenvalue weighted by atomic mass is 32.2. The summed E-state index contributed by atoms with van der Waals surface area (Å²) in [6.07, 6.45) is 3.89. The van der Waals surface area contributed by atoms with Crippen LogP contribution >= 0.6 is 11.8 Å². The third-order valence-electron chi connectivity index (χ3n) is 3.98. The van der Waals surface area contributed by atoms with E-state index in [9.17, 15) is 0 Å². The molecule has 4 nitrogen and oxygen atoms in total. The topological polar surface area (TPSA) is 44.9 Å². The first-order chi connectivity index (χ1) is 9.25. The quantitative estimate of drug-likeness (QED) is 0.482. The SMILES string of the molecule is CC1CCCN(CCCN=C(N)N2CCSCC2)C1. The Morgan fingerprint density at radius 3 is 2.84 bits per heavy atom. The first-order valence-corrected chi connectivity index (χ1v) is 8.76. The molecule has 0 radical (unpaired) electrons. The monoisotopic (exact) mass is 284 g/mol. The molecular weight excluding hydrogens is 256 g/mol. The maximum atomic E-state index is 6.04. The number of likely N-dealkylation sites (tertiary alicyclic amines) is 1. The van der Waals surface area contributed by atoms with Gasteiger partial charge in [0.15, 0.2) is 5.96 Å². The molecule has 0 spiro atoms. The summed E-state index contributed by atoms with van der Waals surface area (Å²) in [5.41, 5.74) is 6.04. The van der Waals surface area contributed by atoms with Gasteiger partial charge in [-0.25, -0.2) is 0 Å². The van der Waals surface area contributed by atoms with Gasteiger partial charge in [-0.2, -0.15) is 11.8 Å². The van der Waals surface area contributed by atoms with Crippen LogP contribution in [0.1, 0.15) is 26.2 Å². The Labute approximate surface area is 121 Å². The van der Waals surface area contributed by atoms with Crippen molar-refractivity contribution in [3.05, 3.63) is 0 Å². The molecule has 19 heavy (non-hydrogen) atoms. The molecule has 2 fully saturated rings. The van der Waals surface area contributed by atoms with E-state index in [-0.39, 0.29) is 0 Å². The average Bonchev–Trinajstić information content (AvgIpc) is 2.44. The fourth-order valence-electron chi connectivity index (χ4n) is 2.87. The van der Waals surface area contributed by atoms with Gasteiger partial charge < -0.3 is 15.5 Å². The molecule has 2 N–H and O–H groups in total. The van der Waals surface area contributed by atoms with Gasteiger partial charge in [0.1, 0.15) is 0 Å². The Bertz CT molecular complexity index is 289. The van der Waals surface area contributed by atoms with E-state index >= 15 is 0 Å². The minimum Gasteiger partial charge on any atom is -0.370 e. The van der Waals surface area contributed by atoms with Gasteiger partial charge in [0.2, 0.25) is 0 Å². The fraction of sp³-hybridized carbons (Fsp3) is 0.929. The Kier molecular flexibility index (Phi) is 6.31. The van der Waals surface area contributed by atoms with Crippen molar-refractivity contribution in [3.63, 3.8) is 0 Å². The molecule has 0 aromatic heterocycles. The number of thioether (sulfide) groups is 1. The van der Waals surface area contributed by atoms with Crippen LogP contribution in [0.3, 0.4) is 0 Å². The van der Waals surface area contributed by atoms with E-state index < -0.39 is 0 Å². The third kappa shape index (κ3) is 5.22. The molecule has 5 heteroatoms. The number of nitrogens with zero attached hydrogens (tertiary/aromatic N) is 3. The van der Waals surface area contributed by atoms with E-state index in [1.165, 1.54) is 44.0 Å². The summed E-state index contributed by atoms with van der Waals surface area (Å²) in [5, 5.41) is 0. The first kappa shape index (κ1) is 15.0. The molecule has 110 valence electrons. The average molecular weight is 284 g/mol. The summed E-state index contributed by atoms with van der Waals surface area (Å²) in [6, 6.07) is 0. The van der Waals surface area contributed by atoms with E-state index in [0.717, 1.165) is 37.9 Å². The van der Waals surface area contributed by atoms with Gasteiger partial charge in [-0.05, 0) is 38.3 Å². The maximum Gasteiger partial charge on any atom is 0.191 e. The van der Waals surface area contributed by atoms with E-state index in [2.05, 4.69) is 21.7 Å². The molecule has 0 aromatic rings. The summed E-state index contributed by atoms with van der Waals surface area (Å²) in [5.74, 6) is 3.99. The molecular formula is C14H28N4S. The molecule has 2 saturated heterocycles. The van der Waals surface area contributed by atoms with Crippen molar-refractivity contribution in [3.8, 4) is 0 Å². The summed E-state index contributed by atoms with van der Waals surface area (Å²) in [7, 11) is 0. The normalized spacial score (nSPS) is 26.7. The molecule has 2 rings (SSSR count). The highest BCUT2D eigenvalue weighted by Gasteiger charge is 2.15. The number of nitrogens with two attached hydrogens (primary N) is 1. The highest BCUT2D eigenvalue weighted by Crippen LogP contribution is 2.15. The van der Waals surface area contributed by atoms with Crippen LogP contribution in [0.25, 0.3) is 0 Å². The molecule has 0 aromatic carbocycles. The number of guanidine groups is 1. The summed E-state index contributed by atoms with van der Waals surface area (Å²) in [4.78, 5) is 9.34. The number of aliphatic imine (C=N–C) groups is 1. The Morgan fingerprint density at radius 1 is 1.32 bits per heavy atom. The standard InChI is InChI=1S/C14H28N4S/c1-13-4-2-6-17(12-13)7-3-5-16-14(15)18-8-10-19-11-9-18/h13H,2-12H2,1H3,(H2,15,16). The molecule has 0 aliphatic carbocycles. The molecule has 0 saturated carbocycles. The van der Waals surface area contributed by atoms with E-state index in [4.69, 9.17) is 5.73 Å². The van der Waals surface area contributed by atoms with Crippen LogP contribution in [-0.2, 0) is 0 Å². The van der Waals surface area contributed by atoms with Crippen molar-refractivity contribution in [2.24, 2.45) is 16.6 Å². The van der Waals surface area contributed by atoms with Crippen LogP contribution in [0.2, 0.25) is 0 Å². The molecule has 0 bridgehead atoms. The predicted molar refractivity (Wildman–Crippen MR) is 84.8 cm³/mol.